The average Bonchev–Trinajstić information content (AvgIpc) is 2.64. The Balaban J connectivity index is 1.82. The molecule has 0 aliphatic heterocycles. The van der Waals surface area contributed by atoms with Gasteiger partial charge in [-0.3, -0.25) is 4.79 Å². The Kier molecular flexibility index (Phi) is 7.73. The Labute approximate surface area is 168 Å². The first kappa shape index (κ1) is 21.3. The van der Waals surface area contributed by atoms with Crippen LogP contribution in [0.5, 0.6) is 5.75 Å². The summed E-state index contributed by atoms with van der Waals surface area (Å²) in [7, 11) is 0. The highest BCUT2D eigenvalue weighted by Gasteiger charge is 2.19. The maximum Gasteiger partial charge on any atom is 0.261 e. The number of ether oxygens (including phenoxy) is 1. The van der Waals surface area contributed by atoms with E-state index in [1.165, 1.54) is 5.56 Å². The molecule has 0 fully saturated rings. The SMILES string of the molecule is CCC(Oc1ccc(C(C)(C)C)cc1)C(=O)NCCCc1ccccc1Cl. The number of amides is 1. The van der Waals surface area contributed by atoms with E-state index in [2.05, 4.69) is 38.2 Å². The molecule has 0 aliphatic carbocycles. The standard InChI is InChI=1S/C23H30ClNO2/c1-5-21(27-19-14-12-18(13-15-19)23(2,3)4)22(26)25-16-8-10-17-9-6-7-11-20(17)24/h6-7,9,11-15,21H,5,8,10,16H2,1-4H3,(H,25,26). The van der Waals surface area contributed by atoms with Crippen LogP contribution in [0.15, 0.2) is 48.5 Å². The fraction of sp³-hybridized carbons (Fsp3) is 0.435. The minimum Gasteiger partial charge on any atom is -0.481 e. The Morgan fingerprint density at radius 3 is 2.37 bits per heavy atom. The minimum absolute atomic E-state index is 0.0726. The summed E-state index contributed by atoms with van der Waals surface area (Å²) in [6.45, 7) is 9.08. The van der Waals surface area contributed by atoms with Gasteiger partial charge in [-0.1, -0.05) is 69.6 Å². The molecule has 1 atom stereocenters. The van der Waals surface area contributed by atoms with Gasteiger partial charge in [-0.25, -0.2) is 0 Å². The van der Waals surface area contributed by atoms with Crippen LogP contribution in [0.25, 0.3) is 0 Å². The van der Waals surface area contributed by atoms with Gasteiger partial charge in [0, 0.05) is 11.6 Å². The lowest BCUT2D eigenvalue weighted by Gasteiger charge is -2.21. The smallest absolute Gasteiger partial charge is 0.261 e. The van der Waals surface area contributed by atoms with Crippen molar-refractivity contribution in [2.24, 2.45) is 0 Å². The molecule has 1 N–H and O–H groups in total. The number of hydrogen-bond donors (Lipinski definition) is 1. The number of benzene rings is 2. The van der Waals surface area contributed by atoms with E-state index in [0.29, 0.717) is 13.0 Å². The third-order valence-electron chi connectivity index (χ3n) is 4.54. The Bertz CT molecular complexity index is 735. The van der Waals surface area contributed by atoms with Gasteiger partial charge in [0.15, 0.2) is 6.10 Å². The average molecular weight is 388 g/mol. The van der Waals surface area contributed by atoms with Crippen LogP contribution in [0, 0.1) is 0 Å². The van der Waals surface area contributed by atoms with Gasteiger partial charge in [0.2, 0.25) is 0 Å². The molecule has 146 valence electrons. The molecule has 0 aliphatic rings. The van der Waals surface area contributed by atoms with Crippen molar-refractivity contribution in [1.29, 1.82) is 0 Å². The molecule has 4 heteroatoms. The van der Waals surface area contributed by atoms with Crippen LogP contribution in [0.1, 0.15) is 51.7 Å². The molecular formula is C23H30ClNO2. The maximum absolute atomic E-state index is 12.4. The second kappa shape index (κ2) is 9.80. The molecule has 1 unspecified atom stereocenters. The molecular weight excluding hydrogens is 358 g/mol. The molecule has 0 saturated heterocycles. The molecule has 0 spiro atoms. The van der Waals surface area contributed by atoms with Gasteiger partial charge in [0.1, 0.15) is 5.75 Å². The van der Waals surface area contributed by atoms with E-state index in [9.17, 15) is 4.79 Å². The molecule has 1 amide bonds. The number of nitrogens with one attached hydrogen (secondary N) is 1. The highest BCUT2D eigenvalue weighted by Crippen LogP contribution is 2.25. The van der Waals surface area contributed by atoms with E-state index in [1.54, 1.807) is 0 Å². The highest BCUT2D eigenvalue weighted by molar-refractivity contribution is 6.31. The Hall–Kier alpha value is -2.00. The van der Waals surface area contributed by atoms with Crippen molar-refractivity contribution in [2.75, 3.05) is 6.54 Å². The molecule has 3 nitrogen and oxygen atoms in total. The van der Waals surface area contributed by atoms with Crippen molar-refractivity contribution in [2.45, 2.75) is 58.5 Å². The molecule has 0 heterocycles. The first-order valence-electron chi connectivity index (χ1n) is 9.59. The lowest BCUT2D eigenvalue weighted by Crippen LogP contribution is -2.38. The summed E-state index contributed by atoms with van der Waals surface area (Å²) in [5.41, 5.74) is 2.45. The number of carbonyl (C=O) groups is 1. The fourth-order valence-electron chi connectivity index (χ4n) is 2.83. The van der Waals surface area contributed by atoms with Crippen molar-refractivity contribution in [1.82, 2.24) is 5.32 Å². The predicted molar refractivity (Wildman–Crippen MR) is 113 cm³/mol. The lowest BCUT2D eigenvalue weighted by atomic mass is 9.87. The number of rotatable bonds is 8. The summed E-state index contributed by atoms with van der Waals surface area (Å²) >= 11 is 6.16. The van der Waals surface area contributed by atoms with Crippen molar-refractivity contribution in [3.63, 3.8) is 0 Å². The lowest BCUT2D eigenvalue weighted by molar-refractivity contribution is -0.128. The van der Waals surface area contributed by atoms with Crippen LogP contribution < -0.4 is 10.1 Å². The van der Waals surface area contributed by atoms with Gasteiger partial charge in [0.05, 0.1) is 0 Å². The van der Waals surface area contributed by atoms with Crippen LogP contribution >= 0.6 is 11.6 Å². The second-order valence-electron chi connectivity index (χ2n) is 7.78. The number of carbonyl (C=O) groups excluding carboxylic acids is 1. The minimum atomic E-state index is -0.481. The Morgan fingerprint density at radius 1 is 1.11 bits per heavy atom. The third-order valence-corrected chi connectivity index (χ3v) is 4.91. The van der Waals surface area contributed by atoms with Crippen molar-refractivity contribution in [3.8, 4) is 5.75 Å². The molecule has 0 aromatic heterocycles. The summed E-state index contributed by atoms with van der Waals surface area (Å²) in [4.78, 5) is 12.4. The van der Waals surface area contributed by atoms with E-state index in [4.69, 9.17) is 16.3 Å². The summed E-state index contributed by atoms with van der Waals surface area (Å²) in [5, 5.41) is 3.75. The number of hydrogen-bond acceptors (Lipinski definition) is 2. The van der Waals surface area contributed by atoms with Gasteiger partial charge in [-0.05, 0) is 54.0 Å². The normalized spacial score (nSPS) is 12.5. The molecule has 0 saturated carbocycles. The molecule has 2 rings (SSSR count). The fourth-order valence-corrected chi connectivity index (χ4v) is 3.06. The van der Waals surface area contributed by atoms with Crippen molar-refractivity contribution in [3.05, 3.63) is 64.7 Å². The Morgan fingerprint density at radius 2 is 1.78 bits per heavy atom. The van der Waals surface area contributed by atoms with E-state index >= 15 is 0 Å². The van der Waals surface area contributed by atoms with Crippen LogP contribution in [0.2, 0.25) is 5.02 Å². The molecule has 27 heavy (non-hydrogen) atoms. The topological polar surface area (TPSA) is 38.3 Å². The monoisotopic (exact) mass is 387 g/mol. The van der Waals surface area contributed by atoms with Crippen molar-refractivity contribution >= 4 is 17.5 Å². The first-order chi connectivity index (χ1) is 12.8. The van der Waals surface area contributed by atoms with Gasteiger partial charge in [-0.2, -0.15) is 0 Å². The maximum atomic E-state index is 12.4. The summed E-state index contributed by atoms with van der Waals surface area (Å²) in [6, 6.07) is 15.8. The third kappa shape index (κ3) is 6.59. The van der Waals surface area contributed by atoms with Gasteiger partial charge < -0.3 is 10.1 Å². The largest absolute Gasteiger partial charge is 0.481 e. The summed E-state index contributed by atoms with van der Waals surface area (Å²) in [5.74, 6) is 0.651. The van der Waals surface area contributed by atoms with Gasteiger partial charge in [0.25, 0.3) is 5.91 Å². The first-order valence-corrected chi connectivity index (χ1v) is 9.97. The number of halogens is 1. The number of aryl methyl sites for hydroxylation is 1. The molecule has 0 radical (unpaired) electrons. The van der Waals surface area contributed by atoms with Crippen molar-refractivity contribution < 1.29 is 9.53 Å². The molecule has 2 aromatic carbocycles. The quantitative estimate of drug-likeness (QED) is 0.603. The molecule has 0 bridgehead atoms. The van der Waals surface area contributed by atoms with Crippen LogP contribution in [0.4, 0.5) is 0 Å². The van der Waals surface area contributed by atoms with Crippen LogP contribution in [0.3, 0.4) is 0 Å². The van der Waals surface area contributed by atoms with E-state index in [-0.39, 0.29) is 11.3 Å². The van der Waals surface area contributed by atoms with Crippen LogP contribution in [-0.2, 0) is 16.6 Å². The second-order valence-corrected chi connectivity index (χ2v) is 8.18. The zero-order valence-electron chi connectivity index (χ0n) is 16.7. The highest BCUT2D eigenvalue weighted by atomic mass is 35.5. The summed E-state index contributed by atoms with van der Waals surface area (Å²) in [6.07, 6.45) is 1.82. The van der Waals surface area contributed by atoms with E-state index in [1.807, 2.05) is 43.3 Å². The molecule has 2 aromatic rings. The zero-order chi connectivity index (χ0) is 19.9. The van der Waals surface area contributed by atoms with E-state index in [0.717, 1.165) is 29.2 Å². The van der Waals surface area contributed by atoms with Crippen LogP contribution in [-0.4, -0.2) is 18.6 Å². The van der Waals surface area contributed by atoms with Gasteiger partial charge >= 0.3 is 0 Å². The zero-order valence-corrected chi connectivity index (χ0v) is 17.5. The summed E-state index contributed by atoms with van der Waals surface area (Å²) < 4.78 is 5.89. The van der Waals surface area contributed by atoms with Gasteiger partial charge in [-0.15, -0.1) is 0 Å². The predicted octanol–water partition coefficient (Wildman–Crippen LogP) is 5.54. The van der Waals surface area contributed by atoms with E-state index < -0.39 is 6.10 Å².